The summed E-state index contributed by atoms with van der Waals surface area (Å²) < 4.78 is 0. The molecule has 0 radical (unpaired) electrons. The number of benzene rings is 1. The number of anilines is 1. The third-order valence-electron chi connectivity index (χ3n) is 2.40. The summed E-state index contributed by atoms with van der Waals surface area (Å²) in [7, 11) is 0. The first-order valence-electron chi connectivity index (χ1n) is 5.13. The Bertz CT molecular complexity index is 508. The van der Waals surface area contributed by atoms with E-state index in [1.165, 1.54) is 12.1 Å². The lowest BCUT2D eigenvalue weighted by Gasteiger charge is -2.18. The van der Waals surface area contributed by atoms with Crippen LogP contribution < -0.4 is 11.1 Å². The smallest absolute Gasteiger partial charge is 0.337 e. The second-order valence-electron chi connectivity index (χ2n) is 4.12. The van der Waals surface area contributed by atoms with Crippen molar-refractivity contribution in [3.8, 4) is 0 Å². The molecule has 1 aromatic rings. The van der Waals surface area contributed by atoms with Crippen LogP contribution in [0.4, 0.5) is 5.69 Å². The lowest BCUT2D eigenvalue weighted by molar-refractivity contribution is -0.155. The molecule has 1 unspecified atom stereocenters. The Hall–Kier alpha value is -1.50. The van der Waals surface area contributed by atoms with E-state index in [1.807, 2.05) is 0 Å². The van der Waals surface area contributed by atoms with Crippen molar-refractivity contribution in [3.05, 3.63) is 27.7 Å². The number of hydrogen-bond acceptors (Lipinski definition) is 4. The molecule has 1 aromatic carbocycles. The molecule has 1 atom stereocenters. The molecule has 8 heteroatoms. The van der Waals surface area contributed by atoms with Gasteiger partial charge in [-0.3, -0.25) is 4.79 Å². The van der Waals surface area contributed by atoms with Crippen LogP contribution in [0, 0.1) is 0 Å². The van der Waals surface area contributed by atoms with Gasteiger partial charge in [0.1, 0.15) is 0 Å². The van der Waals surface area contributed by atoms with Crippen LogP contribution in [0.1, 0.15) is 17.3 Å². The molecule has 0 aromatic heterocycles. The van der Waals surface area contributed by atoms with Gasteiger partial charge in [0.15, 0.2) is 5.60 Å². The summed E-state index contributed by atoms with van der Waals surface area (Å²) in [5, 5.41) is 20.6. The van der Waals surface area contributed by atoms with Gasteiger partial charge in [0.05, 0.1) is 22.3 Å². The highest BCUT2D eigenvalue weighted by Crippen LogP contribution is 2.28. The number of carbonyl (C=O) groups is 2. The molecule has 0 saturated heterocycles. The first-order valence-corrected chi connectivity index (χ1v) is 5.89. The molecule has 0 aliphatic heterocycles. The van der Waals surface area contributed by atoms with Gasteiger partial charge in [-0.2, -0.15) is 0 Å². The van der Waals surface area contributed by atoms with Gasteiger partial charge in [0, 0.05) is 5.56 Å². The first kappa shape index (κ1) is 15.6. The Morgan fingerprint density at radius 1 is 1.37 bits per heavy atom. The Balaban J connectivity index is 2.83. The van der Waals surface area contributed by atoms with Crippen molar-refractivity contribution < 1.29 is 19.8 Å². The normalized spacial score (nSPS) is 13.7. The van der Waals surface area contributed by atoms with E-state index in [1.54, 1.807) is 0 Å². The van der Waals surface area contributed by atoms with E-state index in [9.17, 15) is 14.7 Å². The van der Waals surface area contributed by atoms with Gasteiger partial charge in [-0.05, 0) is 19.1 Å². The number of nitrogen functional groups attached to an aromatic ring is 1. The minimum atomic E-state index is -2.06. The number of rotatable bonds is 4. The molecule has 6 nitrogen and oxygen atoms in total. The monoisotopic (exact) mass is 306 g/mol. The summed E-state index contributed by atoms with van der Waals surface area (Å²) in [4.78, 5) is 22.4. The van der Waals surface area contributed by atoms with Crippen molar-refractivity contribution in [2.75, 3.05) is 12.3 Å². The number of carboxylic acids is 1. The van der Waals surface area contributed by atoms with E-state index in [4.69, 9.17) is 34.0 Å². The molecule has 1 amide bonds. The molecule has 19 heavy (non-hydrogen) atoms. The predicted molar refractivity (Wildman–Crippen MR) is 71.5 cm³/mol. The molecule has 5 N–H and O–H groups in total. The third-order valence-corrected chi connectivity index (χ3v) is 3.02. The van der Waals surface area contributed by atoms with Crippen LogP contribution >= 0.6 is 23.2 Å². The molecule has 0 spiro atoms. The fourth-order valence-corrected chi connectivity index (χ4v) is 1.63. The highest BCUT2D eigenvalue weighted by molar-refractivity contribution is 6.39. The number of amides is 1. The van der Waals surface area contributed by atoms with Gasteiger partial charge in [-0.25, -0.2) is 4.79 Å². The summed E-state index contributed by atoms with van der Waals surface area (Å²) in [6.07, 6.45) is 0. The SMILES string of the molecule is CC(O)(CNC(=O)c1cc(Cl)c(N)c(Cl)c1)C(=O)O. The van der Waals surface area contributed by atoms with E-state index in [-0.39, 0.29) is 21.3 Å². The van der Waals surface area contributed by atoms with Gasteiger partial charge >= 0.3 is 5.97 Å². The molecule has 0 fully saturated rings. The summed E-state index contributed by atoms with van der Waals surface area (Å²) in [6, 6.07) is 2.60. The Morgan fingerprint density at radius 3 is 2.26 bits per heavy atom. The summed E-state index contributed by atoms with van der Waals surface area (Å²) in [5.41, 5.74) is 3.73. The maximum atomic E-state index is 11.8. The van der Waals surface area contributed by atoms with Crippen LogP contribution in [-0.4, -0.2) is 34.2 Å². The van der Waals surface area contributed by atoms with Gasteiger partial charge in [0.2, 0.25) is 0 Å². The topological polar surface area (TPSA) is 113 Å². The molecule has 104 valence electrons. The highest BCUT2D eigenvalue weighted by atomic mass is 35.5. The van der Waals surface area contributed by atoms with Gasteiger partial charge in [0.25, 0.3) is 5.91 Å². The van der Waals surface area contributed by atoms with Crippen molar-refractivity contribution in [2.45, 2.75) is 12.5 Å². The fourth-order valence-electron chi connectivity index (χ4n) is 1.15. The zero-order valence-electron chi connectivity index (χ0n) is 9.91. The number of nitrogens with two attached hydrogens (primary N) is 1. The second-order valence-corrected chi connectivity index (χ2v) is 4.93. The second kappa shape index (κ2) is 5.64. The number of hydrogen-bond donors (Lipinski definition) is 4. The average Bonchev–Trinajstić information content (AvgIpc) is 2.32. The van der Waals surface area contributed by atoms with Crippen LogP contribution in [0.15, 0.2) is 12.1 Å². The number of carbonyl (C=O) groups excluding carboxylic acids is 1. The Labute approximate surface area is 119 Å². The summed E-state index contributed by atoms with van der Waals surface area (Å²) in [5.74, 6) is -2.06. The van der Waals surface area contributed by atoms with Crippen molar-refractivity contribution in [3.63, 3.8) is 0 Å². The van der Waals surface area contributed by atoms with Crippen LogP contribution in [0.3, 0.4) is 0 Å². The predicted octanol–water partition coefficient (Wildman–Crippen LogP) is 1.14. The molecule has 0 aliphatic carbocycles. The minimum Gasteiger partial charge on any atom is -0.479 e. The van der Waals surface area contributed by atoms with Crippen molar-refractivity contribution >= 4 is 40.8 Å². The zero-order chi connectivity index (χ0) is 14.8. The Kier molecular flexibility index (Phi) is 4.62. The average molecular weight is 307 g/mol. The molecule has 0 aliphatic rings. The number of aliphatic hydroxyl groups is 1. The largest absolute Gasteiger partial charge is 0.479 e. The van der Waals surface area contributed by atoms with E-state index in [2.05, 4.69) is 5.32 Å². The van der Waals surface area contributed by atoms with Gasteiger partial charge < -0.3 is 21.3 Å². The molecular formula is C11H12Cl2N2O4. The minimum absolute atomic E-state index is 0.114. The fraction of sp³-hybridized carbons (Fsp3) is 0.273. The van der Waals surface area contributed by atoms with Crippen molar-refractivity contribution in [1.29, 1.82) is 0 Å². The number of nitrogens with one attached hydrogen (secondary N) is 1. The third kappa shape index (κ3) is 3.73. The highest BCUT2D eigenvalue weighted by Gasteiger charge is 2.30. The molecule has 0 heterocycles. The van der Waals surface area contributed by atoms with Crippen molar-refractivity contribution in [2.24, 2.45) is 0 Å². The van der Waals surface area contributed by atoms with Crippen LogP contribution in [0.25, 0.3) is 0 Å². The van der Waals surface area contributed by atoms with Gasteiger partial charge in [-0.15, -0.1) is 0 Å². The number of aliphatic carboxylic acids is 1. The lowest BCUT2D eigenvalue weighted by atomic mass is 10.1. The maximum absolute atomic E-state index is 11.8. The molecule has 0 saturated carbocycles. The number of halogens is 2. The number of carboxylic acid groups (broad SMARTS) is 1. The van der Waals surface area contributed by atoms with Gasteiger partial charge in [-0.1, -0.05) is 23.2 Å². The van der Waals surface area contributed by atoms with Crippen LogP contribution in [-0.2, 0) is 4.79 Å². The lowest BCUT2D eigenvalue weighted by Crippen LogP contribution is -2.46. The van der Waals surface area contributed by atoms with Crippen molar-refractivity contribution in [1.82, 2.24) is 5.32 Å². The quantitative estimate of drug-likeness (QED) is 0.623. The molecular weight excluding hydrogens is 295 g/mol. The Morgan fingerprint density at radius 2 is 1.84 bits per heavy atom. The maximum Gasteiger partial charge on any atom is 0.337 e. The van der Waals surface area contributed by atoms with E-state index in [0.29, 0.717) is 0 Å². The van der Waals surface area contributed by atoms with E-state index < -0.39 is 24.0 Å². The zero-order valence-corrected chi connectivity index (χ0v) is 11.4. The molecule has 1 rings (SSSR count). The van der Waals surface area contributed by atoms with E-state index >= 15 is 0 Å². The standard InChI is InChI=1S/C11H12Cl2N2O4/c1-11(19,10(17)18)4-15-9(16)5-2-6(12)8(14)7(13)3-5/h2-3,19H,4,14H2,1H3,(H,15,16)(H,17,18). The van der Waals surface area contributed by atoms with Crippen LogP contribution in [0.2, 0.25) is 10.0 Å². The molecule has 0 bridgehead atoms. The van der Waals surface area contributed by atoms with Crippen LogP contribution in [0.5, 0.6) is 0 Å². The first-order chi connectivity index (χ1) is 8.65. The summed E-state index contributed by atoms with van der Waals surface area (Å²) in [6.45, 7) is 0.610. The summed E-state index contributed by atoms with van der Waals surface area (Å²) >= 11 is 11.5. The van der Waals surface area contributed by atoms with E-state index in [0.717, 1.165) is 6.92 Å².